The van der Waals surface area contributed by atoms with E-state index in [0.29, 0.717) is 5.56 Å². The topological polar surface area (TPSA) is 24.9 Å². The molecule has 0 saturated carbocycles. The molecular formula is C16H20F2N2S. The first kappa shape index (κ1) is 16.0. The van der Waals surface area contributed by atoms with Crippen LogP contribution in [0.4, 0.5) is 8.78 Å². The first-order valence-electron chi connectivity index (χ1n) is 7.09. The van der Waals surface area contributed by atoms with Crippen molar-refractivity contribution in [1.82, 2.24) is 10.3 Å². The highest BCUT2D eigenvalue weighted by Crippen LogP contribution is 2.30. The fraction of sp³-hybridized carbons (Fsp3) is 0.438. The van der Waals surface area contributed by atoms with E-state index in [1.807, 2.05) is 27.7 Å². The van der Waals surface area contributed by atoms with Crippen molar-refractivity contribution in [3.63, 3.8) is 0 Å². The summed E-state index contributed by atoms with van der Waals surface area (Å²) in [7, 11) is 0. The molecule has 114 valence electrons. The lowest BCUT2D eigenvalue weighted by molar-refractivity contribution is 0.495. The highest BCUT2D eigenvalue weighted by molar-refractivity contribution is 7.11. The van der Waals surface area contributed by atoms with Gasteiger partial charge in [-0.1, -0.05) is 6.92 Å². The van der Waals surface area contributed by atoms with Crippen LogP contribution in [0, 0.1) is 18.6 Å². The molecule has 0 aliphatic heterocycles. The average Bonchev–Trinajstić information content (AvgIpc) is 2.80. The lowest BCUT2D eigenvalue weighted by Crippen LogP contribution is -2.29. The number of rotatable bonds is 5. The van der Waals surface area contributed by atoms with Gasteiger partial charge in [-0.15, -0.1) is 11.3 Å². The largest absolute Gasteiger partial charge is 0.302 e. The Morgan fingerprint density at radius 3 is 2.57 bits per heavy atom. The number of hydrogen-bond donors (Lipinski definition) is 1. The molecular weight excluding hydrogens is 290 g/mol. The maximum Gasteiger partial charge on any atom is 0.128 e. The summed E-state index contributed by atoms with van der Waals surface area (Å²) < 4.78 is 27.6. The summed E-state index contributed by atoms with van der Waals surface area (Å²) >= 11 is 1.54. The van der Waals surface area contributed by atoms with Gasteiger partial charge in [0.1, 0.15) is 16.6 Å². The fourth-order valence-electron chi connectivity index (χ4n) is 2.27. The van der Waals surface area contributed by atoms with Gasteiger partial charge in [0.2, 0.25) is 0 Å². The molecule has 21 heavy (non-hydrogen) atoms. The van der Waals surface area contributed by atoms with Crippen molar-refractivity contribution in [1.29, 1.82) is 0 Å². The Morgan fingerprint density at radius 1 is 1.29 bits per heavy atom. The van der Waals surface area contributed by atoms with Gasteiger partial charge >= 0.3 is 0 Å². The molecule has 1 aromatic carbocycles. The van der Waals surface area contributed by atoms with Crippen LogP contribution in [0.5, 0.6) is 0 Å². The molecule has 1 atom stereocenters. The monoisotopic (exact) mass is 310 g/mol. The molecule has 2 nitrogen and oxygen atoms in total. The number of halogens is 2. The Labute approximate surface area is 128 Å². The van der Waals surface area contributed by atoms with Gasteiger partial charge < -0.3 is 5.32 Å². The number of benzene rings is 1. The Kier molecular flexibility index (Phi) is 5.06. The van der Waals surface area contributed by atoms with Crippen molar-refractivity contribution >= 4 is 11.3 Å². The normalized spacial score (nSPS) is 12.9. The first-order valence-corrected chi connectivity index (χ1v) is 7.91. The molecule has 0 spiro atoms. The zero-order chi connectivity index (χ0) is 15.6. The molecule has 2 aromatic rings. The van der Waals surface area contributed by atoms with Crippen molar-refractivity contribution in [2.24, 2.45) is 0 Å². The van der Waals surface area contributed by atoms with Crippen LogP contribution in [-0.4, -0.2) is 11.0 Å². The zero-order valence-electron chi connectivity index (χ0n) is 12.7. The third-order valence-electron chi connectivity index (χ3n) is 3.26. The highest BCUT2D eigenvalue weighted by atomic mass is 32.1. The third kappa shape index (κ3) is 3.66. The minimum Gasteiger partial charge on any atom is -0.302 e. The van der Waals surface area contributed by atoms with Crippen molar-refractivity contribution < 1.29 is 8.78 Å². The second-order valence-electron chi connectivity index (χ2n) is 5.33. The highest BCUT2D eigenvalue weighted by Gasteiger charge is 2.23. The number of aryl methyl sites for hydroxylation is 2. The van der Waals surface area contributed by atoms with Crippen molar-refractivity contribution in [3.8, 4) is 0 Å². The molecule has 0 saturated heterocycles. The Balaban J connectivity index is 2.49. The van der Waals surface area contributed by atoms with E-state index in [9.17, 15) is 8.78 Å². The van der Waals surface area contributed by atoms with Crippen molar-refractivity contribution in [2.45, 2.75) is 46.2 Å². The van der Waals surface area contributed by atoms with Gasteiger partial charge in [0.25, 0.3) is 0 Å². The Hall–Kier alpha value is -1.33. The van der Waals surface area contributed by atoms with Crippen LogP contribution in [0.2, 0.25) is 0 Å². The summed E-state index contributed by atoms with van der Waals surface area (Å²) in [5, 5.41) is 4.07. The SMILES string of the molecule is CCc1nc(C(NC(C)C)c2cc(F)ccc2F)sc1C. The maximum atomic E-state index is 14.1. The lowest BCUT2D eigenvalue weighted by Gasteiger charge is -2.20. The number of nitrogens with one attached hydrogen (secondary N) is 1. The molecule has 0 amide bonds. The molecule has 2 rings (SSSR count). The molecule has 1 aromatic heterocycles. The summed E-state index contributed by atoms with van der Waals surface area (Å²) in [5.41, 5.74) is 1.32. The second kappa shape index (κ2) is 6.62. The van der Waals surface area contributed by atoms with Gasteiger partial charge in [-0.3, -0.25) is 0 Å². The number of nitrogens with zero attached hydrogens (tertiary/aromatic N) is 1. The van der Waals surface area contributed by atoms with E-state index in [1.54, 1.807) is 0 Å². The van der Waals surface area contributed by atoms with E-state index in [-0.39, 0.29) is 6.04 Å². The molecule has 0 bridgehead atoms. The second-order valence-corrected chi connectivity index (χ2v) is 6.56. The lowest BCUT2D eigenvalue weighted by atomic mass is 10.1. The van der Waals surface area contributed by atoms with Crippen molar-refractivity contribution in [2.75, 3.05) is 0 Å². The first-order chi connectivity index (χ1) is 9.92. The number of thiazole rings is 1. The Bertz CT molecular complexity index is 623. The quantitative estimate of drug-likeness (QED) is 0.886. The minimum atomic E-state index is -0.439. The predicted octanol–water partition coefficient (Wildman–Crippen LogP) is 4.38. The van der Waals surface area contributed by atoms with E-state index in [1.165, 1.54) is 23.5 Å². The minimum absolute atomic E-state index is 0.131. The summed E-state index contributed by atoms with van der Waals surface area (Å²) in [5.74, 6) is -0.855. The van der Waals surface area contributed by atoms with Crippen LogP contribution in [-0.2, 0) is 6.42 Å². The number of aromatic nitrogens is 1. The summed E-state index contributed by atoms with van der Waals surface area (Å²) in [6, 6.07) is 3.26. The third-order valence-corrected chi connectivity index (χ3v) is 4.34. The van der Waals surface area contributed by atoms with Crippen LogP contribution >= 0.6 is 11.3 Å². The molecule has 1 unspecified atom stereocenters. The van der Waals surface area contributed by atoms with Crippen LogP contribution in [0.25, 0.3) is 0 Å². The van der Waals surface area contributed by atoms with E-state index in [2.05, 4.69) is 10.3 Å². The molecule has 0 radical (unpaired) electrons. The molecule has 0 aliphatic carbocycles. The number of hydrogen-bond acceptors (Lipinski definition) is 3. The van der Waals surface area contributed by atoms with E-state index in [4.69, 9.17) is 0 Å². The smallest absolute Gasteiger partial charge is 0.128 e. The molecule has 0 fully saturated rings. The summed E-state index contributed by atoms with van der Waals surface area (Å²) in [6.07, 6.45) is 0.836. The van der Waals surface area contributed by atoms with Gasteiger partial charge in [-0.05, 0) is 45.4 Å². The van der Waals surface area contributed by atoms with Crippen LogP contribution in [0.15, 0.2) is 18.2 Å². The predicted molar refractivity (Wildman–Crippen MR) is 82.7 cm³/mol. The molecule has 0 aliphatic rings. The summed E-state index contributed by atoms with van der Waals surface area (Å²) in [4.78, 5) is 5.72. The van der Waals surface area contributed by atoms with E-state index >= 15 is 0 Å². The van der Waals surface area contributed by atoms with Crippen LogP contribution < -0.4 is 5.32 Å². The standard InChI is InChI=1S/C16H20F2N2S/c1-5-14-10(4)21-16(20-14)15(19-9(2)3)12-8-11(17)6-7-13(12)18/h6-9,15,19H,5H2,1-4H3. The molecule has 1 N–H and O–H groups in total. The Morgan fingerprint density at radius 2 is 2.00 bits per heavy atom. The molecule has 5 heteroatoms. The molecule has 1 heterocycles. The average molecular weight is 310 g/mol. The van der Waals surface area contributed by atoms with Gasteiger partial charge in [0, 0.05) is 16.5 Å². The van der Waals surface area contributed by atoms with E-state index in [0.717, 1.165) is 28.1 Å². The fourth-order valence-corrected chi connectivity index (χ4v) is 3.36. The van der Waals surface area contributed by atoms with E-state index < -0.39 is 17.7 Å². The van der Waals surface area contributed by atoms with Crippen molar-refractivity contribution in [3.05, 3.63) is 51.0 Å². The van der Waals surface area contributed by atoms with Crippen LogP contribution in [0.3, 0.4) is 0 Å². The van der Waals surface area contributed by atoms with Gasteiger partial charge in [0.15, 0.2) is 0 Å². The maximum absolute atomic E-state index is 14.1. The van der Waals surface area contributed by atoms with Gasteiger partial charge in [-0.25, -0.2) is 13.8 Å². The van der Waals surface area contributed by atoms with Crippen LogP contribution in [0.1, 0.15) is 48.0 Å². The van der Waals surface area contributed by atoms with Gasteiger partial charge in [-0.2, -0.15) is 0 Å². The zero-order valence-corrected chi connectivity index (χ0v) is 13.5. The summed E-state index contributed by atoms with van der Waals surface area (Å²) in [6.45, 7) is 8.00. The van der Waals surface area contributed by atoms with Gasteiger partial charge in [0.05, 0.1) is 11.7 Å².